The molecule has 1 aliphatic rings. The van der Waals surface area contributed by atoms with E-state index in [-0.39, 0.29) is 4.90 Å². The molecule has 0 radical (unpaired) electrons. The van der Waals surface area contributed by atoms with Crippen LogP contribution in [0.4, 0.5) is 28.8 Å². The predicted molar refractivity (Wildman–Crippen MR) is 151 cm³/mol. The molecule has 1 saturated heterocycles. The lowest BCUT2D eigenvalue weighted by molar-refractivity contribution is 0.315. The van der Waals surface area contributed by atoms with Gasteiger partial charge in [-0.3, -0.25) is 0 Å². The van der Waals surface area contributed by atoms with E-state index in [0.717, 1.165) is 30.9 Å². The number of hydrogen-bond donors (Lipinski definition) is 3. The molecular formula is C25H32BrN7O3S. The zero-order valence-electron chi connectivity index (χ0n) is 21.3. The van der Waals surface area contributed by atoms with Crippen molar-refractivity contribution in [2.45, 2.75) is 24.3 Å². The first kappa shape index (κ1) is 27.1. The number of likely N-dealkylation sites (N-methyl/N-ethyl adjacent to an activating group) is 1. The molecule has 1 aliphatic heterocycles. The lowest BCUT2D eigenvalue weighted by Gasteiger charge is -2.23. The third kappa shape index (κ3) is 6.32. The number of halogens is 1. The minimum absolute atomic E-state index is 0.116. The van der Waals surface area contributed by atoms with E-state index in [2.05, 4.69) is 71.2 Å². The number of anilines is 5. The number of para-hydroxylation sites is 1. The van der Waals surface area contributed by atoms with E-state index in [1.165, 1.54) is 13.1 Å². The van der Waals surface area contributed by atoms with Gasteiger partial charge in [-0.2, -0.15) is 4.98 Å². The van der Waals surface area contributed by atoms with Crippen LogP contribution in [0, 0.1) is 0 Å². The van der Waals surface area contributed by atoms with Crippen LogP contribution in [-0.2, 0) is 10.0 Å². The number of benzene rings is 2. The summed E-state index contributed by atoms with van der Waals surface area (Å²) in [6, 6.07) is 13.2. The number of aromatic nitrogens is 2. The summed E-state index contributed by atoms with van der Waals surface area (Å²) in [4.78, 5) is 13.7. The van der Waals surface area contributed by atoms with Crippen LogP contribution < -0.4 is 25.0 Å². The monoisotopic (exact) mass is 589 g/mol. The highest BCUT2D eigenvalue weighted by Gasteiger charge is 2.25. The SMILES string of the molecule is CCOc1cc(N2CC[C@H](N(C)C)C2)ccc1Nc1ncc(Br)c(Nc2ccccc2S(=O)(=O)NC)n1. The van der Waals surface area contributed by atoms with Crippen LogP contribution in [0.3, 0.4) is 0 Å². The molecule has 1 aromatic heterocycles. The second-order valence-electron chi connectivity index (χ2n) is 8.81. The molecule has 2 aromatic carbocycles. The van der Waals surface area contributed by atoms with Crippen LogP contribution in [0.5, 0.6) is 5.75 Å². The highest BCUT2D eigenvalue weighted by molar-refractivity contribution is 9.10. The Balaban J connectivity index is 1.58. The zero-order valence-corrected chi connectivity index (χ0v) is 23.7. The lowest BCUT2D eigenvalue weighted by atomic mass is 10.2. The number of sulfonamides is 1. The van der Waals surface area contributed by atoms with Crippen molar-refractivity contribution in [3.8, 4) is 5.75 Å². The molecule has 10 nitrogen and oxygen atoms in total. The van der Waals surface area contributed by atoms with E-state index in [1.54, 1.807) is 24.4 Å². The number of nitrogens with zero attached hydrogens (tertiary/aromatic N) is 4. The molecule has 1 atom stereocenters. The van der Waals surface area contributed by atoms with Gasteiger partial charge in [0.05, 0.1) is 22.5 Å². The highest BCUT2D eigenvalue weighted by atomic mass is 79.9. The average molecular weight is 591 g/mol. The van der Waals surface area contributed by atoms with Gasteiger partial charge in [0, 0.05) is 37.1 Å². The van der Waals surface area contributed by atoms with Gasteiger partial charge in [-0.1, -0.05) is 12.1 Å². The Labute approximate surface area is 226 Å². The standard InChI is InChI=1S/C25H32BrN7O3S/c1-5-36-22-14-17(33-13-12-18(16-33)32(3)4)10-11-20(22)30-25-28-15-19(26)24(31-25)29-21-8-6-7-9-23(21)37(34,35)27-2/h6-11,14-15,18,27H,5,12-13,16H2,1-4H3,(H2,28,29,30,31)/t18-/m0/s1. The van der Waals surface area contributed by atoms with Crippen LogP contribution in [0.2, 0.25) is 0 Å². The van der Waals surface area contributed by atoms with Gasteiger partial charge < -0.3 is 25.2 Å². The van der Waals surface area contributed by atoms with Crippen molar-refractivity contribution < 1.29 is 13.2 Å². The Hall–Kier alpha value is -2.93. The summed E-state index contributed by atoms with van der Waals surface area (Å²) < 4.78 is 33.8. The number of ether oxygens (including phenoxy) is 1. The Morgan fingerprint density at radius 1 is 1.16 bits per heavy atom. The van der Waals surface area contributed by atoms with Crippen molar-refractivity contribution in [1.29, 1.82) is 0 Å². The van der Waals surface area contributed by atoms with Gasteiger partial charge in [-0.05, 0) is 74.7 Å². The Morgan fingerprint density at radius 3 is 2.65 bits per heavy atom. The summed E-state index contributed by atoms with van der Waals surface area (Å²) in [6.45, 7) is 4.43. The largest absolute Gasteiger partial charge is 0.492 e. The molecule has 0 amide bonds. The van der Waals surface area contributed by atoms with Crippen LogP contribution in [0.1, 0.15) is 13.3 Å². The molecular weight excluding hydrogens is 558 g/mol. The third-order valence-electron chi connectivity index (χ3n) is 6.21. The maximum Gasteiger partial charge on any atom is 0.242 e. The molecule has 3 N–H and O–H groups in total. The molecule has 4 rings (SSSR count). The molecule has 0 bridgehead atoms. The smallest absolute Gasteiger partial charge is 0.242 e. The second-order valence-corrected chi connectivity index (χ2v) is 11.5. The molecule has 0 unspecified atom stereocenters. The highest BCUT2D eigenvalue weighted by Crippen LogP contribution is 2.34. The fraction of sp³-hybridized carbons (Fsp3) is 0.360. The van der Waals surface area contributed by atoms with E-state index in [9.17, 15) is 8.42 Å². The molecule has 0 spiro atoms. The molecule has 1 fully saturated rings. The van der Waals surface area contributed by atoms with E-state index in [4.69, 9.17) is 4.74 Å². The lowest BCUT2D eigenvalue weighted by Crippen LogP contribution is -2.31. The van der Waals surface area contributed by atoms with Gasteiger partial charge in [0.15, 0.2) is 0 Å². The predicted octanol–water partition coefficient (Wildman–Crippen LogP) is 4.17. The minimum Gasteiger partial charge on any atom is -0.492 e. The third-order valence-corrected chi connectivity index (χ3v) is 8.27. The number of nitrogens with one attached hydrogen (secondary N) is 3. The summed E-state index contributed by atoms with van der Waals surface area (Å²) in [6.07, 6.45) is 2.73. The van der Waals surface area contributed by atoms with Gasteiger partial charge in [0.1, 0.15) is 16.5 Å². The van der Waals surface area contributed by atoms with Gasteiger partial charge in [-0.15, -0.1) is 0 Å². The maximum atomic E-state index is 12.5. The van der Waals surface area contributed by atoms with E-state index < -0.39 is 10.0 Å². The first-order valence-electron chi connectivity index (χ1n) is 12.0. The fourth-order valence-electron chi connectivity index (χ4n) is 4.16. The summed E-state index contributed by atoms with van der Waals surface area (Å²) in [5.41, 5.74) is 2.24. The molecule has 2 heterocycles. The summed E-state index contributed by atoms with van der Waals surface area (Å²) in [7, 11) is 1.95. The molecule has 0 aliphatic carbocycles. The molecule has 3 aromatic rings. The zero-order chi connectivity index (χ0) is 26.6. The summed E-state index contributed by atoms with van der Waals surface area (Å²) in [5, 5.41) is 6.35. The second kappa shape index (κ2) is 11.6. The van der Waals surface area contributed by atoms with Crippen molar-refractivity contribution in [3.05, 3.63) is 53.1 Å². The van der Waals surface area contributed by atoms with E-state index >= 15 is 0 Å². The quantitative estimate of drug-likeness (QED) is 0.320. The normalized spacial score (nSPS) is 15.7. The molecule has 198 valence electrons. The molecule has 12 heteroatoms. The van der Waals surface area contributed by atoms with Gasteiger partial charge in [0.25, 0.3) is 0 Å². The Kier molecular flexibility index (Phi) is 8.53. The van der Waals surface area contributed by atoms with E-state index in [1.807, 2.05) is 19.1 Å². The first-order chi connectivity index (χ1) is 17.7. The molecule has 37 heavy (non-hydrogen) atoms. The average Bonchev–Trinajstić information content (AvgIpc) is 3.38. The van der Waals surface area contributed by atoms with Crippen molar-refractivity contribution >= 4 is 54.8 Å². The first-order valence-corrected chi connectivity index (χ1v) is 14.3. The Bertz CT molecular complexity index is 1350. The van der Waals surface area contributed by atoms with E-state index in [0.29, 0.717) is 40.3 Å². The van der Waals surface area contributed by atoms with Gasteiger partial charge in [-0.25, -0.2) is 18.1 Å². The maximum absolute atomic E-state index is 12.5. The minimum atomic E-state index is -3.66. The molecule has 0 saturated carbocycles. The van der Waals surface area contributed by atoms with Gasteiger partial charge >= 0.3 is 0 Å². The van der Waals surface area contributed by atoms with Crippen LogP contribution in [0.15, 0.2) is 58.0 Å². The van der Waals surface area contributed by atoms with Crippen LogP contribution in [0.25, 0.3) is 0 Å². The van der Waals surface area contributed by atoms with Crippen LogP contribution in [-0.4, -0.2) is 70.2 Å². The fourth-order valence-corrected chi connectivity index (χ4v) is 5.34. The van der Waals surface area contributed by atoms with Crippen molar-refractivity contribution in [2.24, 2.45) is 0 Å². The summed E-state index contributed by atoms with van der Waals surface area (Å²) in [5.74, 6) is 1.46. The summed E-state index contributed by atoms with van der Waals surface area (Å²) >= 11 is 3.45. The van der Waals surface area contributed by atoms with Gasteiger partial charge in [0.2, 0.25) is 16.0 Å². The van der Waals surface area contributed by atoms with Crippen LogP contribution >= 0.6 is 15.9 Å². The Morgan fingerprint density at radius 2 is 1.95 bits per heavy atom. The number of hydrogen-bond acceptors (Lipinski definition) is 9. The van der Waals surface area contributed by atoms with Crippen molar-refractivity contribution in [1.82, 2.24) is 19.6 Å². The van der Waals surface area contributed by atoms with Crippen molar-refractivity contribution in [2.75, 3.05) is 56.4 Å². The topological polar surface area (TPSA) is 112 Å². The number of rotatable bonds is 10. The van der Waals surface area contributed by atoms with Crippen molar-refractivity contribution in [3.63, 3.8) is 0 Å².